The highest BCUT2D eigenvalue weighted by molar-refractivity contribution is 5.74. The van der Waals surface area contributed by atoms with E-state index in [-0.39, 0.29) is 24.3 Å². The normalized spacial score (nSPS) is 12.3. The van der Waals surface area contributed by atoms with Crippen molar-refractivity contribution in [3.05, 3.63) is 50.7 Å². The molecule has 30 heavy (non-hydrogen) atoms. The van der Waals surface area contributed by atoms with Gasteiger partial charge in [-0.1, -0.05) is 18.2 Å². The van der Waals surface area contributed by atoms with Crippen molar-refractivity contribution in [2.24, 2.45) is 7.05 Å². The fourth-order valence-corrected chi connectivity index (χ4v) is 3.13. The quantitative estimate of drug-likeness (QED) is 0.413. The number of hydrogen-bond donors (Lipinski definition) is 3. The van der Waals surface area contributed by atoms with E-state index < -0.39 is 17.4 Å². The summed E-state index contributed by atoms with van der Waals surface area (Å²) < 4.78 is 13.6. The summed E-state index contributed by atoms with van der Waals surface area (Å²) in [6, 6.07) is 7.53. The maximum Gasteiger partial charge on any atom is 0.329 e. The molecule has 0 aliphatic rings. The number of nitrogens with zero attached hydrogens (tertiary/aromatic N) is 3. The maximum atomic E-state index is 12.5. The van der Waals surface area contributed by atoms with Gasteiger partial charge in [0.25, 0.3) is 5.56 Å². The number of aliphatic hydroxyl groups is 1. The molecule has 0 amide bonds. The number of rotatable bonds is 10. The number of anilines is 1. The molecule has 0 saturated heterocycles. The lowest BCUT2D eigenvalue weighted by molar-refractivity contribution is 0.0935. The lowest BCUT2D eigenvalue weighted by Gasteiger charge is -2.16. The average molecular weight is 417 g/mol. The van der Waals surface area contributed by atoms with E-state index in [0.717, 1.165) is 12.0 Å². The Hall–Kier alpha value is -3.11. The van der Waals surface area contributed by atoms with Gasteiger partial charge in [0.15, 0.2) is 11.2 Å². The minimum atomic E-state index is -0.904. The van der Waals surface area contributed by atoms with E-state index in [1.165, 1.54) is 11.6 Å². The molecule has 3 rings (SSSR count). The Morgan fingerprint density at radius 3 is 2.80 bits per heavy atom. The summed E-state index contributed by atoms with van der Waals surface area (Å²) >= 11 is 0. The molecule has 3 N–H and O–H groups in total. The highest BCUT2D eigenvalue weighted by Gasteiger charge is 2.20. The summed E-state index contributed by atoms with van der Waals surface area (Å²) in [6.45, 7) is 3.15. The lowest BCUT2D eigenvalue weighted by atomic mass is 10.2. The molecule has 2 heterocycles. The number of nitrogens with one attached hydrogen (secondary N) is 2. The maximum absolute atomic E-state index is 12.5. The summed E-state index contributed by atoms with van der Waals surface area (Å²) in [6.07, 6.45) is -0.174. The number of fused-ring (bicyclic) bond motifs is 1. The van der Waals surface area contributed by atoms with Gasteiger partial charge in [0.2, 0.25) is 5.95 Å². The average Bonchev–Trinajstić information content (AvgIpc) is 3.07. The third-order valence-corrected chi connectivity index (χ3v) is 4.73. The summed E-state index contributed by atoms with van der Waals surface area (Å²) in [5, 5.41) is 13.7. The van der Waals surface area contributed by atoms with E-state index in [1.54, 1.807) is 11.7 Å². The van der Waals surface area contributed by atoms with Crippen LogP contribution in [-0.2, 0) is 18.3 Å². The molecule has 2 aromatic heterocycles. The van der Waals surface area contributed by atoms with Crippen molar-refractivity contribution in [2.45, 2.75) is 26.0 Å². The van der Waals surface area contributed by atoms with Crippen LogP contribution in [0.3, 0.4) is 0 Å². The summed E-state index contributed by atoms with van der Waals surface area (Å²) in [4.78, 5) is 31.1. The van der Waals surface area contributed by atoms with Crippen molar-refractivity contribution in [1.29, 1.82) is 0 Å². The molecular formula is C20H27N5O5. The predicted molar refractivity (Wildman–Crippen MR) is 113 cm³/mol. The van der Waals surface area contributed by atoms with Crippen LogP contribution in [0.5, 0.6) is 5.75 Å². The number of methoxy groups -OCH3 is 1. The molecule has 0 fully saturated rings. The molecule has 1 atom stereocenters. The summed E-state index contributed by atoms with van der Waals surface area (Å²) in [5.41, 5.74) is 0.306. The molecule has 162 valence electrons. The van der Waals surface area contributed by atoms with Crippen LogP contribution in [0.1, 0.15) is 12.0 Å². The van der Waals surface area contributed by atoms with Gasteiger partial charge in [-0.2, -0.15) is 4.98 Å². The Morgan fingerprint density at radius 2 is 2.07 bits per heavy atom. The van der Waals surface area contributed by atoms with Gasteiger partial charge in [-0.3, -0.25) is 14.3 Å². The molecule has 10 nitrogen and oxygen atoms in total. The minimum absolute atomic E-state index is 0.0390. The molecule has 0 saturated carbocycles. The van der Waals surface area contributed by atoms with Gasteiger partial charge < -0.3 is 24.5 Å². The van der Waals surface area contributed by atoms with E-state index in [4.69, 9.17) is 9.47 Å². The molecule has 10 heteroatoms. The predicted octanol–water partition coefficient (Wildman–Crippen LogP) is 0.620. The van der Waals surface area contributed by atoms with E-state index in [0.29, 0.717) is 24.8 Å². The van der Waals surface area contributed by atoms with Crippen LogP contribution in [0.15, 0.2) is 33.9 Å². The Bertz CT molecular complexity index is 1120. The Balaban J connectivity index is 1.86. The zero-order chi connectivity index (χ0) is 21.7. The van der Waals surface area contributed by atoms with Gasteiger partial charge in [-0.05, 0) is 25.0 Å². The van der Waals surface area contributed by atoms with Gasteiger partial charge >= 0.3 is 5.69 Å². The van der Waals surface area contributed by atoms with E-state index in [9.17, 15) is 14.7 Å². The summed E-state index contributed by atoms with van der Waals surface area (Å²) in [7, 11) is 3.15. The number of aryl methyl sites for hydroxylation is 2. The molecule has 0 unspecified atom stereocenters. The van der Waals surface area contributed by atoms with E-state index in [2.05, 4.69) is 15.3 Å². The third-order valence-electron chi connectivity index (χ3n) is 4.73. The first-order chi connectivity index (χ1) is 14.4. The standard InChI is InChI=1S/C20H27N5O5/c1-13-7-4-5-8-15(13)30-12-14(26)11-25-16-17(24(2)20(28)23-18(16)27)22-19(25)21-9-6-10-29-3/h4-5,7-8,14,26H,6,9-12H2,1-3H3,(H,21,22)(H,23,27,28)/t14-/m1/s1. The number of imidazole rings is 1. The van der Waals surface area contributed by atoms with Gasteiger partial charge in [0.05, 0.1) is 6.54 Å². The first-order valence-corrected chi connectivity index (χ1v) is 9.71. The molecule has 1 aromatic carbocycles. The zero-order valence-corrected chi connectivity index (χ0v) is 17.3. The molecule has 0 aliphatic carbocycles. The van der Waals surface area contributed by atoms with Crippen LogP contribution < -0.4 is 21.3 Å². The van der Waals surface area contributed by atoms with E-state index >= 15 is 0 Å². The number of ether oxygens (including phenoxy) is 2. The van der Waals surface area contributed by atoms with Crippen molar-refractivity contribution in [1.82, 2.24) is 19.1 Å². The van der Waals surface area contributed by atoms with Crippen molar-refractivity contribution in [3.63, 3.8) is 0 Å². The second kappa shape index (κ2) is 9.59. The lowest BCUT2D eigenvalue weighted by Crippen LogP contribution is -2.31. The van der Waals surface area contributed by atoms with Gasteiger partial charge in [-0.25, -0.2) is 4.79 Å². The molecule has 0 aliphatic heterocycles. The van der Waals surface area contributed by atoms with Crippen LogP contribution in [0.4, 0.5) is 5.95 Å². The van der Waals surface area contributed by atoms with Crippen molar-refractivity contribution in [3.8, 4) is 5.75 Å². The molecular weight excluding hydrogens is 390 g/mol. The van der Waals surface area contributed by atoms with Crippen molar-refractivity contribution in [2.75, 3.05) is 32.2 Å². The zero-order valence-electron chi connectivity index (χ0n) is 17.3. The molecule has 3 aromatic rings. The topological polar surface area (TPSA) is 123 Å². The number of aromatic amines is 1. The van der Waals surface area contributed by atoms with Crippen molar-refractivity contribution < 1.29 is 14.6 Å². The SMILES string of the molecule is COCCCNc1nc2c(c(=O)[nH]c(=O)n2C)n1C[C@@H](O)COc1ccccc1C. The highest BCUT2D eigenvalue weighted by atomic mass is 16.5. The molecule has 0 bridgehead atoms. The van der Waals surface area contributed by atoms with Crippen LogP contribution >= 0.6 is 0 Å². The second-order valence-corrected chi connectivity index (χ2v) is 7.04. The number of aromatic nitrogens is 4. The number of benzene rings is 1. The van der Waals surface area contributed by atoms with Crippen molar-refractivity contribution >= 4 is 17.1 Å². The van der Waals surface area contributed by atoms with Crippen LogP contribution in [-0.4, -0.2) is 57.2 Å². The summed E-state index contributed by atoms with van der Waals surface area (Å²) in [5.74, 6) is 1.08. The molecule has 0 spiro atoms. The molecule has 0 radical (unpaired) electrons. The largest absolute Gasteiger partial charge is 0.491 e. The van der Waals surface area contributed by atoms with Crippen LogP contribution in [0.2, 0.25) is 0 Å². The van der Waals surface area contributed by atoms with Crippen LogP contribution in [0, 0.1) is 6.92 Å². The number of para-hydroxylation sites is 1. The monoisotopic (exact) mass is 417 g/mol. The highest BCUT2D eigenvalue weighted by Crippen LogP contribution is 2.18. The Labute approximate surface area is 173 Å². The number of H-pyrrole nitrogens is 1. The Kier molecular flexibility index (Phi) is 6.91. The fourth-order valence-electron chi connectivity index (χ4n) is 3.13. The van der Waals surface area contributed by atoms with Gasteiger partial charge in [0.1, 0.15) is 18.5 Å². The third kappa shape index (κ3) is 4.71. The van der Waals surface area contributed by atoms with Gasteiger partial charge in [0, 0.05) is 27.3 Å². The first kappa shape index (κ1) is 21.6. The fraction of sp³-hybridized carbons (Fsp3) is 0.450. The number of aliphatic hydroxyl groups excluding tert-OH is 1. The van der Waals surface area contributed by atoms with E-state index in [1.807, 2.05) is 31.2 Å². The van der Waals surface area contributed by atoms with Gasteiger partial charge in [-0.15, -0.1) is 0 Å². The second-order valence-electron chi connectivity index (χ2n) is 7.04. The smallest absolute Gasteiger partial charge is 0.329 e. The van der Waals surface area contributed by atoms with Crippen LogP contribution in [0.25, 0.3) is 11.2 Å². The first-order valence-electron chi connectivity index (χ1n) is 9.71. The minimum Gasteiger partial charge on any atom is -0.491 e. The Morgan fingerprint density at radius 1 is 1.30 bits per heavy atom. The number of hydrogen-bond acceptors (Lipinski definition) is 7.